The van der Waals surface area contributed by atoms with Crippen molar-refractivity contribution in [3.8, 4) is 0 Å². The molecule has 1 heteroatoms. The SMILES string of the molecule is C=C(Br)/C(=C/c1ccccc1)CCCC. The van der Waals surface area contributed by atoms with Gasteiger partial charge in [0.2, 0.25) is 0 Å². The summed E-state index contributed by atoms with van der Waals surface area (Å²) >= 11 is 3.47. The second kappa shape index (κ2) is 6.62. The normalized spacial score (nSPS) is 11.5. The van der Waals surface area contributed by atoms with Gasteiger partial charge in [0.05, 0.1) is 0 Å². The molecule has 0 aliphatic heterocycles. The van der Waals surface area contributed by atoms with Crippen molar-refractivity contribution in [2.45, 2.75) is 26.2 Å². The van der Waals surface area contributed by atoms with Crippen molar-refractivity contribution in [1.29, 1.82) is 0 Å². The zero-order valence-electron chi connectivity index (χ0n) is 9.17. The van der Waals surface area contributed by atoms with E-state index in [-0.39, 0.29) is 0 Å². The molecule has 1 aromatic carbocycles. The molecule has 0 N–H and O–H groups in total. The standard InChI is InChI=1S/C14H17Br/c1-3-4-10-14(12(2)15)11-13-8-6-5-7-9-13/h5-9,11H,2-4,10H2,1H3/b14-11+. The topological polar surface area (TPSA) is 0 Å². The Labute approximate surface area is 101 Å². The first-order chi connectivity index (χ1) is 7.24. The van der Waals surface area contributed by atoms with Crippen molar-refractivity contribution in [3.63, 3.8) is 0 Å². The number of hydrogen-bond donors (Lipinski definition) is 0. The van der Waals surface area contributed by atoms with Crippen LogP contribution in [0.15, 0.2) is 47.0 Å². The van der Waals surface area contributed by atoms with E-state index in [1.165, 1.54) is 24.0 Å². The van der Waals surface area contributed by atoms with E-state index < -0.39 is 0 Å². The molecule has 0 aliphatic carbocycles. The van der Waals surface area contributed by atoms with Crippen LogP contribution in [0.3, 0.4) is 0 Å². The van der Waals surface area contributed by atoms with Gasteiger partial charge in [0.25, 0.3) is 0 Å². The molecule has 0 aliphatic rings. The molecule has 0 amide bonds. The van der Waals surface area contributed by atoms with Crippen LogP contribution < -0.4 is 0 Å². The Balaban J connectivity index is 2.79. The fourth-order valence-electron chi connectivity index (χ4n) is 1.40. The first kappa shape index (κ1) is 12.3. The van der Waals surface area contributed by atoms with E-state index in [1.807, 2.05) is 6.07 Å². The highest BCUT2D eigenvalue weighted by Crippen LogP contribution is 2.23. The first-order valence-corrected chi connectivity index (χ1v) is 6.13. The van der Waals surface area contributed by atoms with E-state index in [0.717, 1.165) is 10.9 Å². The summed E-state index contributed by atoms with van der Waals surface area (Å²) in [7, 11) is 0. The second-order valence-electron chi connectivity index (χ2n) is 3.59. The Morgan fingerprint density at radius 1 is 1.33 bits per heavy atom. The molecular weight excluding hydrogens is 248 g/mol. The van der Waals surface area contributed by atoms with Crippen LogP contribution >= 0.6 is 15.9 Å². The maximum absolute atomic E-state index is 3.95. The van der Waals surface area contributed by atoms with Gasteiger partial charge in [0.1, 0.15) is 0 Å². The summed E-state index contributed by atoms with van der Waals surface area (Å²) in [4.78, 5) is 0. The molecule has 0 saturated heterocycles. The molecule has 15 heavy (non-hydrogen) atoms. The molecule has 0 spiro atoms. The van der Waals surface area contributed by atoms with Crippen molar-refractivity contribution in [2.75, 3.05) is 0 Å². The van der Waals surface area contributed by atoms with Crippen LogP contribution in [0.5, 0.6) is 0 Å². The minimum Gasteiger partial charge on any atom is -0.0845 e. The third kappa shape index (κ3) is 4.48. The molecule has 0 aromatic heterocycles. The number of benzene rings is 1. The summed E-state index contributed by atoms with van der Waals surface area (Å²) in [6.07, 6.45) is 5.72. The molecular formula is C14H17Br. The average Bonchev–Trinajstić information content (AvgIpc) is 2.25. The van der Waals surface area contributed by atoms with Crippen molar-refractivity contribution in [1.82, 2.24) is 0 Å². The van der Waals surface area contributed by atoms with Crippen molar-refractivity contribution in [3.05, 3.63) is 52.5 Å². The summed E-state index contributed by atoms with van der Waals surface area (Å²) in [6.45, 7) is 6.16. The minimum atomic E-state index is 1.000. The molecule has 1 rings (SSSR count). The lowest BCUT2D eigenvalue weighted by atomic mass is 10.1. The Hall–Kier alpha value is -0.820. The number of allylic oxidation sites excluding steroid dienone is 2. The first-order valence-electron chi connectivity index (χ1n) is 5.34. The molecule has 0 fully saturated rings. The van der Waals surface area contributed by atoms with E-state index in [0.29, 0.717) is 0 Å². The van der Waals surface area contributed by atoms with Crippen molar-refractivity contribution < 1.29 is 0 Å². The van der Waals surface area contributed by atoms with Gasteiger partial charge in [-0.25, -0.2) is 0 Å². The fourth-order valence-corrected chi connectivity index (χ4v) is 1.72. The molecule has 0 nitrogen and oxygen atoms in total. The monoisotopic (exact) mass is 264 g/mol. The molecule has 0 unspecified atom stereocenters. The van der Waals surface area contributed by atoms with Crippen LogP contribution in [0.25, 0.3) is 6.08 Å². The third-order valence-corrected chi connectivity index (χ3v) is 2.80. The van der Waals surface area contributed by atoms with Crippen LogP contribution in [-0.2, 0) is 0 Å². The van der Waals surface area contributed by atoms with Crippen LogP contribution in [0, 0.1) is 0 Å². The lowest BCUT2D eigenvalue weighted by Crippen LogP contribution is -1.83. The Morgan fingerprint density at radius 2 is 2.00 bits per heavy atom. The lowest BCUT2D eigenvalue weighted by molar-refractivity contribution is 0.800. The average molecular weight is 265 g/mol. The maximum atomic E-state index is 3.95. The molecule has 80 valence electrons. The predicted molar refractivity (Wildman–Crippen MR) is 72.0 cm³/mol. The van der Waals surface area contributed by atoms with Crippen molar-refractivity contribution in [2.24, 2.45) is 0 Å². The molecule has 0 saturated carbocycles. The third-order valence-electron chi connectivity index (χ3n) is 2.29. The van der Waals surface area contributed by atoms with E-state index >= 15 is 0 Å². The van der Waals surface area contributed by atoms with Gasteiger partial charge in [-0.2, -0.15) is 0 Å². The molecule has 0 heterocycles. The summed E-state index contributed by atoms with van der Waals surface area (Å²) in [5.41, 5.74) is 2.53. The summed E-state index contributed by atoms with van der Waals surface area (Å²) in [6, 6.07) is 10.4. The molecule has 0 bridgehead atoms. The molecule has 1 aromatic rings. The number of hydrogen-bond acceptors (Lipinski definition) is 0. The van der Waals surface area contributed by atoms with Crippen LogP contribution in [0.4, 0.5) is 0 Å². The zero-order chi connectivity index (χ0) is 11.1. The number of unbranched alkanes of at least 4 members (excludes halogenated alkanes) is 1. The Morgan fingerprint density at radius 3 is 2.53 bits per heavy atom. The van der Waals surface area contributed by atoms with E-state index in [2.05, 4.69) is 59.8 Å². The fraction of sp³-hybridized carbons (Fsp3) is 0.286. The quantitative estimate of drug-likeness (QED) is 0.644. The van der Waals surface area contributed by atoms with Gasteiger partial charge in [-0.3, -0.25) is 0 Å². The van der Waals surface area contributed by atoms with E-state index in [9.17, 15) is 0 Å². The minimum absolute atomic E-state index is 1.000. The molecule has 0 radical (unpaired) electrons. The van der Waals surface area contributed by atoms with Gasteiger partial charge in [-0.15, -0.1) is 0 Å². The highest BCUT2D eigenvalue weighted by Gasteiger charge is 1.99. The zero-order valence-corrected chi connectivity index (χ0v) is 10.8. The summed E-state index contributed by atoms with van der Waals surface area (Å²) in [5.74, 6) is 0. The van der Waals surface area contributed by atoms with Gasteiger partial charge >= 0.3 is 0 Å². The largest absolute Gasteiger partial charge is 0.0845 e. The Bertz CT molecular complexity index is 336. The van der Waals surface area contributed by atoms with E-state index in [1.54, 1.807) is 0 Å². The second-order valence-corrected chi connectivity index (χ2v) is 4.55. The van der Waals surface area contributed by atoms with Crippen LogP contribution in [0.1, 0.15) is 31.7 Å². The lowest BCUT2D eigenvalue weighted by Gasteiger charge is -2.04. The Kier molecular flexibility index (Phi) is 5.41. The van der Waals surface area contributed by atoms with Gasteiger partial charge in [-0.1, -0.05) is 72.3 Å². The predicted octanol–water partition coefficient (Wildman–Crippen LogP) is 5.17. The summed E-state index contributed by atoms with van der Waals surface area (Å²) in [5, 5.41) is 0. The maximum Gasteiger partial charge on any atom is 0.0135 e. The highest BCUT2D eigenvalue weighted by molar-refractivity contribution is 9.11. The highest BCUT2D eigenvalue weighted by atomic mass is 79.9. The van der Waals surface area contributed by atoms with Gasteiger partial charge in [0, 0.05) is 4.48 Å². The van der Waals surface area contributed by atoms with Gasteiger partial charge in [-0.05, 0) is 24.0 Å². The molecule has 0 atom stereocenters. The number of rotatable bonds is 5. The van der Waals surface area contributed by atoms with Crippen molar-refractivity contribution >= 4 is 22.0 Å². The number of halogens is 1. The van der Waals surface area contributed by atoms with E-state index in [4.69, 9.17) is 0 Å². The summed E-state index contributed by atoms with van der Waals surface area (Å²) < 4.78 is 1.000. The van der Waals surface area contributed by atoms with Crippen LogP contribution in [0.2, 0.25) is 0 Å². The van der Waals surface area contributed by atoms with Gasteiger partial charge in [0.15, 0.2) is 0 Å². The van der Waals surface area contributed by atoms with Crippen LogP contribution in [-0.4, -0.2) is 0 Å². The van der Waals surface area contributed by atoms with Gasteiger partial charge < -0.3 is 0 Å². The smallest absolute Gasteiger partial charge is 0.0135 e.